The number of carboxylic acids is 1. The molecule has 0 unspecified atom stereocenters. The third-order valence-corrected chi connectivity index (χ3v) is 4.70. The van der Waals surface area contributed by atoms with Gasteiger partial charge in [0.1, 0.15) is 30.1 Å². The Morgan fingerprint density at radius 1 is 1.03 bits per heavy atom. The molecule has 0 atom stereocenters. The summed E-state index contributed by atoms with van der Waals surface area (Å²) in [6.45, 7) is 16.0. The largest absolute Gasteiger partial charge is 0.492 e. The van der Waals surface area contributed by atoms with Crippen molar-refractivity contribution in [3.05, 3.63) is 64.4 Å². The van der Waals surface area contributed by atoms with E-state index >= 15 is 0 Å². The maximum atomic E-state index is 13.3. The molecule has 3 aromatic rings. The van der Waals surface area contributed by atoms with Crippen molar-refractivity contribution in [2.45, 2.75) is 54.9 Å². The number of carbonyl (C=O) groups is 2. The van der Waals surface area contributed by atoms with Crippen molar-refractivity contribution < 1.29 is 23.8 Å². The Kier molecular flexibility index (Phi) is 11.9. The number of carboxylic acid groups (broad SMARTS) is 1. The Labute approximate surface area is 197 Å². The molecule has 0 aliphatic heterocycles. The Morgan fingerprint density at radius 2 is 1.64 bits per heavy atom. The number of carbonyl (C=O) groups excluding carboxylic acids is 1. The number of furan rings is 1. The predicted molar refractivity (Wildman–Crippen MR) is 134 cm³/mol. The van der Waals surface area contributed by atoms with E-state index in [0.29, 0.717) is 28.7 Å². The van der Waals surface area contributed by atoms with E-state index in [9.17, 15) is 14.7 Å². The predicted octanol–water partition coefficient (Wildman–Crippen LogP) is 5.95. The Morgan fingerprint density at radius 3 is 2.21 bits per heavy atom. The topological polar surface area (TPSA) is 88.8 Å². The van der Waals surface area contributed by atoms with Crippen molar-refractivity contribution in [2.75, 3.05) is 19.7 Å². The highest BCUT2D eigenvalue weighted by Crippen LogP contribution is 2.31. The highest BCUT2D eigenvalue weighted by Gasteiger charge is 2.24. The molecule has 6 heteroatoms. The van der Waals surface area contributed by atoms with Crippen molar-refractivity contribution >= 4 is 22.7 Å². The lowest BCUT2D eigenvalue weighted by Gasteiger charge is -2.14. The number of hydrogen-bond acceptors (Lipinski definition) is 5. The first-order chi connectivity index (χ1) is 15.9. The average Bonchev–Trinajstić information content (AvgIpc) is 3.17. The first kappa shape index (κ1) is 27.9. The molecule has 0 amide bonds. The van der Waals surface area contributed by atoms with Crippen molar-refractivity contribution in [3.63, 3.8) is 0 Å². The zero-order chi connectivity index (χ0) is 25.0. The van der Waals surface area contributed by atoms with Crippen LogP contribution in [0.3, 0.4) is 0 Å². The van der Waals surface area contributed by atoms with E-state index in [1.165, 1.54) is 0 Å². The number of ketones is 1. The first-order valence-electron chi connectivity index (χ1n) is 11.6. The lowest BCUT2D eigenvalue weighted by molar-refractivity contribution is -0.136. The molecule has 33 heavy (non-hydrogen) atoms. The first-order valence-corrected chi connectivity index (χ1v) is 11.6. The van der Waals surface area contributed by atoms with Crippen LogP contribution in [0, 0.1) is 13.8 Å². The van der Waals surface area contributed by atoms with Gasteiger partial charge in [-0.3, -0.25) is 9.59 Å². The minimum Gasteiger partial charge on any atom is -0.492 e. The normalized spacial score (nSPS) is 10.0. The molecule has 0 aliphatic rings. The quantitative estimate of drug-likeness (QED) is 0.306. The van der Waals surface area contributed by atoms with Crippen LogP contribution in [-0.2, 0) is 11.2 Å². The highest BCUT2D eigenvalue weighted by molar-refractivity contribution is 6.17. The minimum atomic E-state index is -1.05. The summed E-state index contributed by atoms with van der Waals surface area (Å²) >= 11 is 0. The number of fused-ring (bicyclic) bond motifs is 1. The summed E-state index contributed by atoms with van der Waals surface area (Å²) in [6.07, 6.45) is -0.348. The maximum Gasteiger partial charge on any atom is 0.311 e. The third kappa shape index (κ3) is 7.19. The standard InChI is InChI=1S/C23H25NO5.2C2H6/c1-4-24-9-10-28-23-14(2)11-16(12-15(23)3)22(27)21-17-7-5-6-8-18(17)29-19(21)13-20(25)26;2*1-2/h5-8,11-12,24H,4,9-10,13H2,1-3H3,(H,25,26);2*1-2H3. The van der Waals surface area contributed by atoms with E-state index < -0.39 is 5.97 Å². The Balaban J connectivity index is 0.00000129. The van der Waals surface area contributed by atoms with E-state index in [-0.39, 0.29) is 18.0 Å². The van der Waals surface area contributed by atoms with Crippen LogP contribution in [0.2, 0.25) is 0 Å². The van der Waals surface area contributed by atoms with Gasteiger partial charge in [-0.15, -0.1) is 0 Å². The van der Waals surface area contributed by atoms with Gasteiger partial charge in [-0.25, -0.2) is 0 Å². The summed E-state index contributed by atoms with van der Waals surface area (Å²) in [5, 5.41) is 13.0. The van der Waals surface area contributed by atoms with Crippen LogP contribution in [0.1, 0.15) is 67.4 Å². The van der Waals surface area contributed by atoms with Crippen LogP contribution in [0.25, 0.3) is 11.0 Å². The van der Waals surface area contributed by atoms with Crippen LogP contribution in [-0.4, -0.2) is 36.6 Å². The molecular formula is C27H37NO5. The molecule has 2 N–H and O–H groups in total. The number of rotatable bonds is 9. The summed E-state index contributed by atoms with van der Waals surface area (Å²) in [5.74, 6) is -0.362. The molecule has 180 valence electrons. The van der Waals surface area contributed by atoms with Gasteiger partial charge in [-0.1, -0.05) is 52.8 Å². The zero-order valence-electron chi connectivity index (χ0n) is 20.9. The van der Waals surface area contributed by atoms with E-state index in [1.54, 1.807) is 36.4 Å². The van der Waals surface area contributed by atoms with Gasteiger partial charge in [0, 0.05) is 17.5 Å². The fourth-order valence-corrected chi connectivity index (χ4v) is 3.46. The number of aryl methyl sites for hydroxylation is 2. The number of likely N-dealkylation sites (N-methyl/N-ethyl adjacent to an activating group) is 1. The van der Waals surface area contributed by atoms with Gasteiger partial charge in [0.15, 0.2) is 5.78 Å². The Bertz CT molecular complexity index is 1030. The third-order valence-electron chi connectivity index (χ3n) is 4.70. The monoisotopic (exact) mass is 455 g/mol. The smallest absolute Gasteiger partial charge is 0.311 e. The second-order valence-electron chi connectivity index (χ2n) is 6.94. The van der Waals surface area contributed by atoms with Crippen molar-refractivity contribution in [1.29, 1.82) is 0 Å². The molecule has 1 aromatic heterocycles. The molecule has 0 saturated heterocycles. The number of aliphatic carboxylic acids is 1. The summed E-state index contributed by atoms with van der Waals surface area (Å²) in [5.41, 5.74) is 3.01. The van der Waals surface area contributed by atoms with Crippen LogP contribution in [0.5, 0.6) is 5.75 Å². The number of hydrogen-bond donors (Lipinski definition) is 2. The molecule has 1 heterocycles. The second-order valence-corrected chi connectivity index (χ2v) is 6.94. The van der Waals surface area contributed by atoms with Crippen LogP contribution < -0.4 is 10.1 Å². The average molecular weight is 456 g/mol. The number of nitrogens with one attached hydrogen (secondary N) is 1. The number of para-hydroxylation sites is 1. The molecule has 0 bridgehead atoms. The molecule has 3 rings (SSSR count). The van der Waals surface area contributed by atoms with Gasteiger partial charge in [0.2, 0.25) is 0 Å². The molecule has 0 spiro atoms. The number of benzene rings is 2. The fourth-order valence-electron chi connectivity index (χ4n) is 3.46. The van der Waals surface area contributed by atoms with Gasteiger partial charge < -0.3 is 19.6 Å². The van der Waals surface area contributed by atoms with Crippen molar-refractivity contribution in [1.82, 2.24) is 5.32 Å². The van der Waals surface area contributed by atoms with Crippen molar-refractivity contribution in [2.24, 2.45) is 0 Å². The SMILES string of the molecule is CC.CC.CCNCCOc1c(C)cc(C(=O)c2c(CC(=O)O)oc3ccccc23)cc1C. The molecule has 0 aliphatic carbocycles. The molecular weight excluding hydrogens is 418 g/mol. The lowest BCUT2D eigenvalue weighted by atomic mass is 9.96. The molecule has 0 radical (unpaired) electrons. The van der Waals surface area contributed by atoms with Gasteiger partial charge in [0.05, 0.1) is 5.56 Å². The maximum absolute atomic E-state index is 13.3. The van der Waals surface area contributed by atoms with E-state index in [1.807, 2.05) is 48.5 Å². The van der Waals surface area contributed by atoms with Crippen LogP contribution >= 0.6 is 0 Å². The van der Waals surface area contributed by atoms with Crippen molar-refractivity contribution in [3.8, 4) is 5.75 Å². The lowest BCUT2D eigenvalue weighted by Crippen LogP contribution is -2.20. The summed E-state index contributed by atoms with van der Waals surface area (Å²) in [4.78, 5) is 24.6. The Hall–Kier alpha value is -3.12. The van der Waals surface area contributed by atoms with Gasteiger partial charge in [-0.05, 0) is 49.7 Å². The molecule has 0 fully saturated rings. The molecule has 2 aromatic carbocycles. The second kappa shape index (κ2) is 14.1. The van der Waals surface area contributed by atoms with Crippen LogP contribution in [0.4, 0.5) is 0 Å². The molecule has 0 saturated carbocycles. The van der Waals surface area contributed by atoms with E-state index in [0.717, 1.165) is 30.0 Å². The van der Waals surface area contributed by atoms with Crippen LogP contribution in [0.15, 0.2) is 40.8 Å². The van der Waals surface area contributed by atoms with Gasteiger partial charge >= 0.3 is 5.97 Å². The van der Waals surface area contributed by atoms with Gasteiger partial charge in [0.25, 0.3) is 0 Å². The number of ether oxygens (including phenoxy) is 1. The van der Waals surface area contributed by atoms with Gasteiger partial charge in [-0.2, -0.15) is 0 Å². The molecule has 6 nitrogen and oxygen atoms in total. The zero-order valence-corrected chi connectivity index (χ0v) is 20.9. The van der Waals surface area contributed by atoms with E-state index in [2.05, 4.69) is 5.32 Å². The summed E-state index contributed by atoms with van der Waals surface area (Å²) < 4.78 is 11.6. The van der Waals surface area contributed by atoms with E-state index in [4.69, 9.17) is 9.15 Å². The summed E-state index contributed by atoms with van der Waals surface area (Å²) in [6, 6.07) is 10.7. The minimum absolute atomic E-state index is 0.171. The summed E-state index contributed by atoms with van der Waals surface area (Å²) in [7, 11) is 0. The highest BCUT2D eigenvalue weighted by atomic mass is 16.5. The fraction of sp³-hybridized carbons (Fsp3) is 0.407.